The fraction of sp³-hybridized carbons (Fsp3) is 0.276. The van der Waals surface area contributed by atoms with Gasteiger partial charge in [-0.2, -0.15) is 0 Å². The van der Waals surface area contributed by atoms with Gasteiger partial charge in [-0.1, -0.05) is 67.0 Å². The summed E-state index contributed by atoms with van der Waals surface area (Å²) in [6.45, 7) is 2.65. The summed E-state index contributed by atoms with van der Waals surface area (Å²) < 4.78 is 1.89. The number of nitrogens with one attached hydrogen (secondary N) is 1. The molecule has 0 bridgehead atoms. The highest BCUT2D eigenvalue weighted by atomic mass is 16.4. The average molecular weight is 471 g/mol. The van der Waals surface area contributed by atoms with Crippen molar-refractivity contribution in [3.8, 4) is 0 Å². The van der Waals surface area contributed by atoms with Crippen LogP contribution in [0.1, 0.15) is 63.2 Å². The first-order valence-corrected chi connectivity index (χ1v) is 11.9. The molecule has 0 radical (unpaired) electrons. The number of allylic oxidation sites excluding steroid dienone is 1. The molecule has 35 heavy (non-hydrogen) atoms. The zero-order valence-corrected chi connectivity index (χ0v) is 19.9. The van der Waals surface area contributed by atoms with Gasteiger partial charge in [-0.3, -0.25) is 14.4 Å². The third-order valence-corrected chi connectivity index (χ3v) is 6.74. The number of hydrogen-bond donors (Lipinski definition) is 2. The monoisotopic (exact) mass is 470 g/mol. The van der Waals surface area contributed by atoms with E-state index < -0.39 is 11.4 Å². The Kier molecular flexibility index (Phi) is 7.30. The third-order valence-electron chi connectivity index (χ3n) is 6.74. The number of carbonyl (C=O) groups is 3. The lowest BCUT2D eigenvalue weighted by molar-refractivity contribution is -0.148. The number of carboxylic acid groups (broad SMARTS) is 1. The van der Waals surface area contributed by atoms with Gasteiger partial charge in [0, 0.05) is 30.4 Å². The molecule has 180 valence electrons. The summed E-state index contributed by atoms with van der Waals surface area (Å²) in [5.74, 6) is -1.13. The van der Waals surface area contributed by atoms with E-state index in [0.717, 1.165) is 24.0 Å². The van der Waals surface area contributed by atoms with Crippen LogP contribution in [0.3, 0.4) is 0 Å². The van der Waals surface area contributed by atoms with E-state index >= 15 is 0 Å². The highest BCUT2D eigenvalue weighted by Gasteiger charge is 2.41. The summed E-state index contributed by atoms with van der Waals surface area (Å²) in [6, 6.07) is 18.4. The van der Waals surface area contributed by atoms with Crippen LogP contribution in [0, 0.1) is 12.3 Å². The van der Waals surface area contributed by atoms with Crippen LogP contribution in [-0.2, 0) is 11.3 Å². The van der Waals surface area contributed by atoms with Crippen molar-refractivity contribution in [3.63, 3.8) is 0 Å². The lowest BCUT2D eigenvalue weighted by Gasteiger charge is -2.24. The second-order valence-corrected chi connectivity index (χ2v) is 9.24. The maximum Gasteiger partial charge on any atom is 0.311 e. The van der Waals surface area contributed by atoms with Crippen molar-refractivity contribution < 1.29 is 19.5 Å². The number of nitrogens with zero attached hydrogens (tertiary/aromatic N) is 1. The van der Waals surface area contributed by atoms with Gasteiger partial charge < -0.3 is 15.0 Å². The second-order valence-electron chi connectivity index (χ2n) is 9.24. The molecule has 1 aromatic heterocycles. The number of rotatable bonds is 9. The molecule has 0 unspecified atom stereocenters. The average Bonchev–Trinajstić information content (AvgIpc) is 3.53. The Labute approximate surface area is 205 Å². The summed E-state index contributed by atoms with van der Waals surface area (Å²) in [5, 5.41) is 12.4. The topological polar surface area (TPSA) is 88.4 Å². The lowest BCUT2D eigenvalue weighted by atomic mass is 9.86. The maximum absolute atomic E-state index is 12.9. The Hall–Kier alpha value is -3.93. The van der Waals surface area contributed by atoms with Crippen molar-refractivity contribution in [2.24, 2.45) is 5.41 Å². The Morgan fingerprint density at radius 1 is 1.00 bits per heavy atom. The number of aryl methyl sites for hydroxylation is 1. The smallest absolute Gasteiger partial charge is 0.311 e. The number of aliphatic carboxylic acids is 1. The van der Waals surface area contributed by atoms with Gasteiger partial charge >= 0.3 is 5.97 Å². The van der Waals surface area contributed by atoms with Crippen LogP contribution in [0.15, 0.2) is 72.9 Å². The molecule has 4 rings (SSSR count). The van der Waals surface area contributed by atoms with Gasteiger partial charge in [-0.25, -0.2) is 0 Å². The van der Waals surface area contributed by atoms with Crippen molar-refractivity contribution in [1.29, 1.82) is 0 Å². The molecule has 3 aromatic rings. The van der Waals surface area contributed by atoms with Gasteiger partial charge in [0.15, 0.2) is 0 Å². The summed E-state index contributed by atoms with van der Waals surface area (Å²) in [4.78, 5) is 37.3. The van der Waals surface area contributed by atoms with Crippen molar-refractivity contribution in [2.45, 2.75) is 39.2 Å². The SMILES string of the molecule is Cc1ccc(C(=O)c2cccn2C/C=C/c2cccc(C(=O)NCC3(C(=O)O)CCCC3)c2)cc1. The molecule has 1 fully saturated rings. The van der Waals surface area contributed by atoms with Crippen molar-refractivity contribution in [1.82, 2.24) is 9.88 Å². The van der Waals surface area contributed by atoms with Gasteiger partial charge in [0.05, 0.1) is 11.1 Å². The van der Waals surface area contributed by atoms with Gasteiger partial charge in [-0.15, -0.1) is 0 Å². The molecule has 0 spiro atoms. The number of aromatic nitrogens is 1. The summed E-state index contributed by atoms with van der Waals surface area (Å²) in [7, 11) is 0. The third kappa shape index (κ3) is 5.60. The van der Waals surface area contributed by atoms with E-state index in [9.17, 15) is 19.5 Å². The van der Waals surface area contributed by atoms with Crippen LogP contribution in [0.25, 0.3) is 6.08 Å². The first-order valence-electron chi connectivity index (χ1n) is 11.9. The van der Waals surface area contributed by atoms with Gasteiger partial charge in [0.2, 0.25) is 5.78 Å². The Morgan fingerprint density at radius 2 is 1.74 bits per heavy atom. The molecule has 2 N–H and O–H groups in total. The van der Waals surface area contributed by atoms with Crippen molar-refractivity contribution in [3.05, 3.63) is 101 Å². The number of carbonyl (C=O) groups excluding carboxylic acids is 2. The quantitative estimate of drug-likeness (QED) is 0.425. The minimum Gasteiger partial charge on any atom is -0.481 e. The fourth-order valence-electron chi connectivity index (χ4n) is 4.59. The fourth-order valence-corrected chi connectivity index (χ4v) is 4.59. The van der Waals surface area contributed by atoms with E-state index in [0.29, 0.717) is 36.2 Å². The van der Waals surface area contributed by atoms with E-state index in [1.54, 1.807) is 18.2 Å². The largest absolute Gasteiger partial charge is 0.481 e. The number of carboxylic acids is 1. The molecule has 1 aliphatic carbocycles. The summed E-state index contributed by atoms with van der Waals surface area (Å²) in [5.41, 5.74) is 2.87. The summed E-state index contributed by atoms with van der Waals surface area (Å²) >= 11 is 0. The highest BCUT2D eigenvalue weighted by Crippen LogP contribution is 2.37. The highest BCUT2D eigenvalue weighted by molar-refractivity contribution is 6.08. The van der Waals surface area contributed by atoms with Crippen LogP contribution in [0.2, 0.25) is 0 Å². The van der Waals surface area contributed by atoms with Gasteiger partial charge in [0.1, 0.15) is 0 Å². The van der Waals surface area contributed by atoms with E-state index in [1.807, 2.05) is 72.3 Å². The number of benzene rings is 2. The normalized spacial score (nSPS) is 14.8. The van der Waals surface area contributed by atoms with Gasteiger partial charge in [0.25, 0.3) is 5.91 Å². The van der Waals surface area contributed by atoms with Gasteiger partial charge in [-0.05, 0) is 49.6 Å². The Balaban J connectivity index is 1.39. The first-order chi connectivity index (χ1) is 16.9. The predicted octanol–water partition coefficient (Wildman–Crippen LogP) is 5.12. The number of hydrogen-bond acceptors (Lipinski definition) is 3. The molecule has 1 heterocycles. The number of ketones is 1. The molecule has 1 aliphatic rings. The molecule has 2 aromatic carbocycles. The molecule has 0 atom stereocenters. The minimum absolute atomic E-state index is 0.0246. The standard InChI is InChI=1S/C29H30N2O4/c1-21-11-13-23(14-12-21)26(32)25-10-6-18-31(25)17-5-8-22-7-4-9-24(19-22)27(33)30-20-29(28(34)35)15-2-3-16-29/h4-14,18-19H,2-3,15-17,20H2,1H3,(H,30,33)(H,34,35)/b8-5+. The zero-order valence-electron chi connectivity index (χ0n) is 19.9. The van der Waals surface area contributed by atoms with E-state index in [2.05, 4.69) is 5.32 Å². The van der Waals surface area contributed by atoms with E-state index in [4.69, 9.17) is 0 Å². The number of amides is 1. The Morgan fingerprint density at radius 3 is 2.46 bits per heavy atom. The Bertz CT molecular complexity index is 1250. The molecule has 1 amide bonds. The molecule has 6 nitrogen and oxygen atoms in total. The molecule has 1 saturated carbocycles. The van der Waals surface area contributed by atoms with Crippen LogP contribution >= 0.6 is 0 Å². The van der Waals surface area contributed by atoms with E-state index in [1.165, 1.54) is 0 Å². The second kappa shape index (κ2) is 10.6. The molecular formula is C29H30N2O4. The molecule has 0 aliphatic heterocycles. The predicted molar refractivity (Wildman–Crippen MR) is 135 cm³/mol. The summed E-state index contributed by atoms with van der Waals surface area (Å²) in [6.07, 6.45) is 8.67. The van der Waals surface area contributed by atoms with Crippen LogP contribution in [-0.4, -0.2) is 33.9 Å². The first kappa shape index (κ1) is 24.2. The van der Waals surface area contributed by atoms with Crippen LogP contribution < -0.4 is 5.32 Å². The minimum atomic E-state index is -0.850. The van der Waals surface area contributed by atoms with Crippen molar-refractivity contribution >= 4 is 23.7 Å². The zero-order chi connectivity index (χ0) is 24.8. The lowest BCUT2D eigenvalue weighted by Crippen LogP contribution is -2.41. The molecule has 6 heteroatoms. The van der Waals surface area contributed by atoms with Crippen LogP contribution in [0.5, 0.6) is 0 Å². The molecular weight excluding hydrogens is 440 g/mol. The van der Waals surface area contributed by atoms with E-state index in [-0.39, 0.29) is 18.2 Å². The van der Waals surface area contributed by atoms with Crippen molar-refractivity contribution in [2.75, 3.05) is 6.54 Å². The van der Waals surface area contributed by atoms with Crippen LogP contribution in [0.4, 0.5) is 0 Å². The maximum atomic E-state index is 12.9. The molecule has 0 saturated heterocycles.